The van der Waals surface area contributed by atoms with Crippen LogP contribution in [0.2, 0.25) is 0 Å². The van der Waals surface area contributed by atoms with E-state index in [1.165, 1.54) is 13.2 Å². The van der Waals surface area contributed by atoms with Gasteiger partial charge in [0.2, 0.25) is 5.91 Å². The van der Waals surface area contributed by atoms with E-state index in [1.807, 2.05) is 55.8 Å². The van der Waals surface area contributed by atoms with E-state index < -0.39 is 5.82 Å². The van der Waals surface area contributed by atoms with E-state index in [9.17, 15) is 9.18 Å². The number of para-hydroxylation sites is 1. The fourth-order valence-corrected chi connectivity index (χ4v) is 3.24. The highest BCUT2D eigenvalue weighted by atomic mass is 19.1. The third kappa shape index (κ3) is 4.06. The zero-order chi connectivity index (χ0) is 20.3. The highest BCUT2D eigenvalue weighted by Crippen LogP contribution is 2.22. The van der Waals surface area contributed by atoms with Crippen LogP contribution in [0, 0.1) is 19.7 Å². The maximum Gasteiger partial charge on any atom is 0.225 e. The topological polar surface area (TPSA) is 56.1 Å². The number of halogens is 1. The van der Waals surface area contributed by atoms with Gasteiger partial charge in [-0.25, -0.2) is 9.07 Å². The average molecular weight is 381 g/mol. The molecule has 0 aliphatic rings. The number of nitrogens with one attached hydrogen (secondary N) is 1. The van der Waals surface area contributed by atoms with E-state index in [0.29, 0.717) is 5.56 Å². The first kappa shape index (κ1) is 19.6. The molecule has 0 saturated heterocycles. The lowest BCUT2D eigenvalue weighted by atomic mass is 10.1. The Bertz CT molecular complexity index is 983. The molecule has 1 heterocycles. The van der Waals surface area contributed by atoms with E-state index in [4.69, 9.17) is 4.74 Å². The molecule has 3 rings (SSSR count). The van der Waals surface area contributed by atoms with Crippen LogP contribution in [0.4, 0.5) is 4.39 Å². The molecule has 0 saturated carbocycles. The van der Waals surface area contributed by atoms with Crippen molar-refractivity contribution in [3.63, 3.8) is 0 Å². The first-order chi connectivity index (χ1) is 13.4. The summed E-state index contributed by atoms with van der Waals surface area (Å²) in [5, 5.41) is 7.50. The molecule has 6 heteroatoms. The summed E-state index contributed by atoms with van der Waals surface area (Å²) in [5.41, 5.74) is 4.29. The molecule has 2 aromatic carbocycles. The Morgan fingerprint density at radius 2 is 1.93 bits per heavy atom. The molecule has 3 aromatic rings. The maximum atomic E-state index is 13.9. The molecule has 0 bridgehead atoms. The Kier molecular flexibility index (Phi) is 5.78. The van der Waals surface area contributed by atoms with Crippen LogP contribution in [0.25, 0.3) is 5.69 Å². The molecule has 146 valence electrons. The largest absolute Gasteiger partial charge is 0.494 e. The van der Waals surface area contributed by atoms with E-state index in [1.54, 1.807) is 12.1 Å². The summed E-state index contributed by atoms with van der Waals surface area (Å²) in [6, 6.07) is 14.2. The second kappa shape index (κ2) is 8.25. The maximum absolute atomic E-state index is 13.9. The lowest BCUT2D eigenvalue weighted by Crippen LogP contribution is -2.28. The summed E-state index contributed by atoms with van der Waals surface area (Å²) >= 11 is 0. The van der Waals surface area contributed by atoms with Gasteiger partial charge in [0.25, 0.3) is 0 Å². The number of aryl methyl sites for hydroxylation is 1. The summed E-state index contributed by atoms with van der Waals surface area (Å²) in [6.45, 7) is 5.68. The number of hydrogen-bond donors (Lipinski definition) is 1. The van der Waals surface area contributed by atoms with Crippen molar-refractivity contribution in [1.29, 1.82) is 0 Å². The standard InChI is InChI=1S/C22H24FN3O2/c1-14(17-10-11-21(28-4)20(23)12-17)24-22(27)13-19-15(2)25-26(16(19)3)18-8-6-5-7-9-18/h5-12,14H,13H2,1-4H3,(H,24,27)/t14-/m1/s1. The lowest BCUT2D eigenvalue weighted by Gasteiger charge is -2.15. The molecule has 0 aliphatic heterocycles. The normalized spacial score (nSPS) is 11.9. The van der Waals surface area contributed by atoms with Crippen LogP contribution in [0.15, 0.2) is 48.5 Å². The molecule has 1 atom stereocenters. The lowest BCUT2D eigenvalue weighted by molar-refractivity contribution is -0.121. The van der Waals surface area contributed by atoms with Gasteiger partial charge in [-0.15, -0.1) is 0 Å². The second-order valence-electron chi connectivity index (χ2n) is 6.76. The number of ether oxygens (including phenoxy) is 1. The molecule has 0 spiro atoms. The van der Waals surface area contributed by atoms with Crippen molar-refractivity contribution in [1.82, 2.24) is 15.1 Å². The molecule has 0 fully saturated rings. The molecule has 1 aromatic heterocycles. The number of carbonyl (C=O) groups excluding carboxylic acids is 1. The van der Waals surface area contributed by atoms with E-state index >= 15 is 0 Å². The number of hydrogen-bond acceptors (Lipinski definition) is 3. The van der Waals surface area contributed by atoms with E-state index in [2.05, 4.69) is 10.4 Å². The van der Waals surface area contributed by atoms with E-state index in [-0.39, 0.29) is 24.1 Å². The van der Waals surface area contributed by atoms with Crippen LogP contribution >= 0.6 is 0 Å². The second-order valence-corrected chi connectivity index (χ2v) is 6.76. The first-order valence-electron chi connectivity index (χ1n) is 9.14. The number of aromatic nitrogens is 2. The van der Waals surface area contributed by atoms with Crippen LogP contribution in [-0.4, -0.2) is 22.8 Å². The zero-order valence-corrected chi connectivity index (χ0v) is 16.5. The first-order valence-corrected chi connectivity index (χ1v) is 9.14. The Morgan fingerprint density at radius 3 is 2.57 bits per heavy atom. The molecule has 5 nitrogen and oxygen atoms in total. The molecule has 0 unspecified atom stereocenters. The minimum absolute atomic E-state index is 0.137. The van der Waals surface area contributed by atoms with E-state index in [0.717, 1.165) is 22.6 Å². The van der Waals surface area contributed by atoms with Gasteiger partial charge >= 0.3 is 0 Å². The quantitative estimate of drug-likeness (QED) is 0.701. The number of carbonyl (C=O) groups is 1. The molecule has 1 N–H and O–H groups in total. The Balaban J connectivity index is 1.73. The van der Waals surface area contributed by atoms with Crippen molar-refractivity contribution < 1.29 is 13.9 Å². The van der Waals surface area contributed by atoms with Gasteiger partial charge in [-0.1, -0.05) is 24.3 Å². The van der Waals surface area contributed by atoms with Crippen LogP contribution < -0.4 is 10.1 Å². The highest BCUT2D eigenvalue weighted by Gasteiger charge is 2.18. The van der Waals surface area contributed by atoms with Crippen LogP contribution in [0.3, 0.4) is 0 Å². The Morgan fingerprint density at radius 1 is 1.21 bits per heavy atom. The van der Waals surface area contributed by atoms with Crippen LogP contribution in [-0.2, 0) is 11.2 Å². The van der Waals surface area contributed by atoms with Gasteiger partial charge in [0, 0.05) is 11.3 Å². The van der Waals surface area contributed by atoms with Crippen LogP contribution in [0.5, 0.6) is 5.75 Å². The third-order valence-electron chi connectivity index (χ3n) is 4.83. The van der Waals surface area contributed by atoms with Crippen LogP contribution in [0.1, 0.15) is 35.5 Å². The molecule has 1 amide bonds. The fourth-order valence-electron chi connectivity index (χ4n) is 3.24. The smallest absolute Gasteiger partial charge is 0.225 e. The monoisotopic (exact) mass is 381 g/mol. The van der Waals surface area contributed by atoms with Gasteiger partial charge < -0.3 is 10.1 Å². The Labute approximate surface area is 164 Å². The van der Waals surface area contributed by atoms with Gasteiger partial charge in [0.05, 0.1) is 31.0 Å². The van der Waals surface area contributed by atoms with Gasteiger partial charge in [0.1, 0.15) is 0 Å². The molecule has 0 aliphatic carbocycles. The predicted molar refractivity (Wildman–Crippen MR) is 106 cm³/mol. The highest BCUT2D eigenvalue weighted by molar-refractivity contribution is 5.79. The summed E-state index contributed by atoms with van der Waals surface area (Å²) in [7, 11) is 1.42. The van der Waals surface area contributed by atoms with Crippen molar-refractivity contribution >= 4 is 5.91 Å². The molecular weight excluding hydrogens is 357 g/mol. The minimum atomic E-state index is -0.447. The third-order valence-corrected chi connectivity index (χ3v) is 4.83. The number of benzene rings is 2. The summed E-state index contributed by atoms with van der Waals surface area (Å²) in [4.78, 5) is 12.6. The van der Waals surface area contributed by atoms with Crippen molar-refractivity contribution in [3.05, 3.63) is 76.9 Å². The van der Waals surface area contributed by atoms with Crippen molar-refractivity contribution in [2.75, 3.05) is 7.11 Å². The number of amides is 1. The number of rotatable bonds is 6. The predicted octanol–water partition coefficient (Wildman–Crippen LogP) is 4.06. The minimum Gasteiger partial charge on any atom is -0.494 e. The average Bonchev–Trinajstić information content (AvgIpc) is 2.96. The molecular formula is C22H24FN3O2. The number of nitrogens with zero attached hydrogens (tertiary/aromatic N) is 2. The summed E-state index contributed by atoms with van der Waals surface area (Å²) in [5.74, 6) is -0.402. The SMILES string of the molecule is COc1ccc([C@@H](C)NC(=O)Cc2c(C)nn(-c3ccccc3)c2C)cc1F. The zero-order valence-electron chi connectivity index (χ0n) is 16.5. The molecule has 0 radical (unpaired) electrons. The van der Waals surface area contributed by atoms with Gasteiger partial charge in [-0.3, -0.25) is 4.79 Å². The fraction of sp³-hybridized carbons (Fsp3) is 0.273. The van der Waals surface area contributed by atoms with Crippen molar-refractivity contribution in [2.45, 2.75) is 33.2 Å². The summed E-state index contributed by atoms with van der Waals surface area (Å²) < 4.78 is 20.7. The van der Waals surface area contributed by atoms with Gasteiger partial charge in [0.15, 0.2) is 11.6 Å². The Hall–Kier alpha value is -3.15. The summed E-state index contributed by atoms with van der Waals surface area (Å²) in [6.07, 6.45) is 0.216. The van der Waals surface area contributed by atoms with Gasteiger partial charge in [-0.2, -0.15) is 5.10 Å². The van der Waals surface area contributed by atoms with Gasteiger partial charge in [-0.05, 0) is 50.6 Å². The van der Waals surface area contributed by atoms with Crippen molar-refractivity contribution in [2.24, 2.45) is 0 Å². The number of methoxy groups -OCH3 is 1. The van der Waals surface area contributed by atoms with Crippen molar-refractivity contribution in [3.8, 4) is 11.4 Å². The molecule has 28 heavy (non-hydrogen) atoms.